The minimum absolute atomic E-state index is 0. The molecule has 7 aromatic rings. The Hall–Kier alpha value is -5.71. The number of aryl methyl sites for hydroxylation is 1. The van der Waals surface area contributed by atoms with Crippen molar-refractivity contribution in [3.05, 3.63) is 183 Å². The number of fused-ring (bicyclic) bond motifs is 8. The van der Waals surface area contributed by atoms with Crippen LogP contribution in [-0.4, -0.2) is 10.1 Å². The number of para-hydroxylation sites is 2. The van der Waals surface area contributed by atoms with Crippen LogP contribution in [0.25, 0.3) is 48.4 Å². The van der Waals surface area contributed by atoms with Gasteiger partial charge in [0.1, 0.15) is 0 Å². The highest BCUT2D eigenvalue weighted by Gasteiger charge is 2.58. The molecular weight excluding hydrogens is 797 g/mol. The molecule has 0 amide bonds. The van der Waals surface area contributed by atoms with Crippen molar-refractivity contribution in [1.29, 1.82) is 0 Å². The van der Waals surface area contributed by atoms with E-state index in [4.69, 9.17) is 0 Å². The largest absolute Gasteiger partial charge is 0.334 e. The summed E-state index contributed by atoms with van der Waals surface area (Å²) in [4.78, 5) is 16.7. The summed E-state index contributed by atoms with van der Waals surface area (Å²) in [5.41, 5.74) is 14.9. The van der Waals surface area contributed by atoms with Crippen LogP contribution < -0.4 is 10.3 Å². The summed E-state index contributed by atoms with van der Waals surface area (Å²) in [5.74, 6) is 2.28. The Bertz CT molecular complexity index is 3090. The van der Waals surface area contributed by atoms with Crippen LogP contribution in [0.3, 0.4) is 0 Å². The molecule has 2 heterocycles. The highest BCUT2D eigenvalue weighted by molar-refractivity contribution is 7.24. The Morgan fingerprint density at radius 2 is 1.53 bits per heavy atom. The number of anilines is 2. The van der Waals surface area contributed by atoms with Gasteiger partial charge in [-0.3, -0.25) is 4.79 Å². The number of benzene rings is 5. The first-order valence-corrected chi connectivity index (χ1v) is 24.1. The molecule has 2 aromatic heterocycles. The molecule has 64 heavy (non-hydrogen) atoms. The first-order chi connectivity index (χ1) is 30.4. The summed E-state index contributed by atoms with van der Waals surface area (Å²) in [6, 6.07) is 40.2. The number of hydrogen-bond acceptors (Lipinski definition) is 3. The van der Waals surface area contributed by atoms with Crippen molar-refractivity contribution in [2.45, 2.75) is 105 Å². The molecule has 326 valence electrons. The van der Waals surface area contributed by atoms with E-state index in [0.717, 1.165) is 39.4 Å². The molecule has 0 saturated heterocycles. The Labute approximate surface area is 385 Å². The predicted molar refractivity (Wildman–Crippen MR) is 279 cm³/mol. The van der Waals surface area contributed by atoms with E-state index in [9.17, 15) is 4.79 Å². The smallest absolute Gasteiger partial charge is 0.195 e. The number of allylic oxidation sites excluding steroid dienone is 6. The second-order valence-corrected chi connectivity index (χ2v) is 19.6. The van der Waals surface area contributed by atoms with Crippen molar-refractivity contribution >= 4 is 71.1 Å². The molecule has 5 aliphatic carbocycles. The third kappa shape index (κ3) is 7.32. The Morgan fingerprint density at radius 1 is 0.781 bits per heavy atom. The molecule has 3 nitrogen and oxygen atoms in total. The molecule has 0 aliphatic heterocycles. The van der Waals surface area contributed by atoms with Gasteiger partial charge in [0.15, 0.2) is 5.43 Å². The SMILES string of the molecule is C.C.CC.Cc1cc(Cc2ccc3c(=O)c4ccc(C5=Cc6c(n(C7=CCCCC=C7)c7ccccc67)C6CC56)cc4sc3c2)ccc1N(c1ccccc1)C12CC(C)CC=CC1C2. The van der Waals surface area contributed by atoms with E-state index < -0.39 is 0 Å². The van der Waals surface area contributed by atoms with Gasteiger partial charge in [0, 0.05) is 65.7 Å². The summed E-state index contributed by atoms with van der Waals surface area (Å²) in [6.45, 7) is 8.69. The first-order valence-electron chi connectivity index (χ1n) is 23.3. The highest BCUT2D eigenvalue weighted by Crippen LogP contribution is 2.62. The van der Waals surface area contributed by atoms with Crippen LogP contribution in [0.15, 0.2) is 144 Å². The number of hydrogen-bond donors (Lipinski definition) is 0. The van der Waals surface area contributed by atoms with E-state index in [-0.39, 0.29) is 25.8 Å². The van der Waals surface area contributed by atoms with Crippen LogP contribution in [0.1, 0.15) is 120 Å². The van der Waals surface area contributed by atoms with E-state index in [1.165, 1.54) is 99.2 Å². The van der Waals surface area contributed by atoms with Gasteiger partial charge in [-0.2, -0.15) is 0 Å². The Balaban J connectivity index is 0.00000128. The quantitative estimate of drug-likeness (QED) is 0.118. The van der Waals surface area contributed by atoms with Crippen LogP contribution in [0, 0.1) is 24.7 Å². The molecule has 2 fully saturated rings. The molecule has 5 aromatic carbocycles. The molecule has 0 bridgehead atoms. The zero-order valence-electron chi connectivity index (χ0n) is 36.5. The third-order valence-corrected chi connectivity index (χ3v) is 15.5. The van der Waals surface area contributed by atoms with Crippen molar-refractivity contribution in [3.63, 3.8) is 0 Å². The topological polar surface area (TPSA) is 25.2 Å². The van der Waals surface area contributed by atoms with Gasteiger partial charge in [-0.05, 0) is 159 Å². The molecule has 0 N–H and O–H groups in total. The van der Waals surface area contributed by atoms with Gasteiger partial charge < -0.3 is 9.47 Å². The Morgan fingerprint density at radius 3 is 2.36 bits per heavy atom. The van der Waals surface area contributed by atoms with Crippen molar-refractivity contribution in [2.75, 3.05) is 4.90 Å². The molecule has 5 unspecified atom stereocenters. The predicted octanol–water partition coefficient (Wildman–Crippen LogP) is 16.7. The fraction of sp³-hybridized carbons (Fsp3) is 0.317. The molecule has 4 heteroatoms. The van der Waals surface area contributed by atoms with Crippen LogP contribution in [-0.2, 0) is 6.42 Å². The van der Waals surface area contributed by atoms with E-state index in [0.29, 0.717) is 23.7 Å². The monoisotopic (exact) mass is 860 g/mol. The molecule has 5 aliphatic rings. The highest BCUT2D eigenvalue weighted by atomic mass is 32.1. The van der Waals surface area contributed by atoms with Crippen LogP contribution >= 0.6 is 11.3 Å². The van der Waals surface area contributed by atoms with E-state index in [1.807, 2.05) is 13.8 Å². The molecule has 12 rings (SSSR count). The fourth-order valence-corrected chi connectivity index (χ4v) is 12.6. The van der Waals surface area contributed by atoms with Gasteiger partial charge >= 0.3 is 0 Å². The standard InChI is InChI=1S/C56H50N2OS.C2H6.2CH4/c1-35-13-12-14-40-34-56(40,33-35)58(42-17-8-5-9-18-42)50-26-22-37(27-36(50)2)28-38-21-24-44-52(29-38)60-53-30-39(23-25-45(53)55(44)59)46-31-48-43-19-10-11-20-51(43)57(54(48)49-32-47(46)49)41-15-6-3-4-7-16-41;1-2;;/h5-6,8-12,14-27,29-31,35,40,47,49H,3-4,7,13,28,32-34H2,1-2H3;1-2H3;2*1H4. The average molecular weight is 861 g/mol. The zero-order chi connectivity index (χ0) is 42.1. The van der Waals surface area contributed by atoms with E-state index >= 15 is 0 Å². The van der Waals surface area contributed by atoms with Gasteiger partial charge in [-0.1, -0.05) is 121 Å². The second-order valence-electron chi connectivity index (χ2n) is 18.5. The van der Waals surface area contributed by atoms with Crippen LogP contribution in [0.2, 0.25) is 0 Å². The summed E-state index contributed by atoms with van der Waals surface area (Å²) >= 11 is 1.77. The lowest BCUT2D eigenvalue weighted by Crippen LogP contribution is -2.37. The molecular formula is C60H64N2OS. The van der Waals surface area contributed by atoms with E-state index in [2.05, 4.69) is 169 Å². The zero-order valence-corrected chi connectivity index (χ0v) is 37.4. The lowest BCUT2D eigenvalue weighted by molar-refractivity contribution is 0.447. The summed E-state index contributed by atoms with van der Waals surface area (Å²) in [6.07, 6.45) is 23.6. The van der Waals surface area contributed by atoms with Gasteiger partial charge in [0.05, 0.1) is 11.1 Å². The van der Waals surface area contributed by atoms with Gasteiger partial charge in [0.25, 0.3) is 0 Å². The normalized spacial score (nSPS) is 22.6. The van der Waals surface area contributed by atoms with Crippen LogP contribution in [0.4, 0.5) is 11.4 Å². The molecule has 2 saturated carbocycles. The molecule has 0 spiro atoms. The fourth-order valence-electron chi connectivity index (χ4n) is 11.4. The maximum atomic E-state index is 14.0. The van der Waals surface area contributed by atoms with Crippen molar-refractivity contribution in [2.24, 2.45) is 17.8 Å². The molecule has 0 radical (unpaired) electrons. The maximum absolute atomic E-state index is 14.0. The minimum Gasteiger partial charge on any atom is -0.334 e. The minimum atomic E-state index is 0. The summed E-state index contributed by atoms with van der Waals surface area (Å²) in [7, 11) is 0. The van der Waals surface area contributed by atoms with Crippen molar-refractivity contribution in [1.82, 2.24) is 4.57 Å². The van der Waals surface area contributed by atoms with E-state index in [1.54, 1.807) is 11.3 Å². The average Bonchev–Trinajstić information content (AvgIpc) is 4.22. The Kier molecular flexibility index (Phi) is 11.8. The number of rotatable bonds is 7. The lowest BCUT2D eigenvalue weighted by atomic mass is 9.91. The lowest BCUT2D eigenvalue weighted by Gasteiger charge is -2.37. The van der Waals surface area contributed by atoms with Crippen molar-refractivity contribution in [3.8, 4) is 0 Å². The second kappa shape index (κ2) is 17.3. The van der Waals surface area contributed by atoms with Gasteiger partial charge in [-0.25, -0.2) is 0 Å². The maximum Gasteiger partial charge on any atom is 0.195 e. The van der Waals surface area contributed by atoms with Crippen molar-refractivity contribution < 1.29 is 0 Å². The number of aromatic nitrogens is 1. The number of nitrogens with zero attached hydrogens (tertiary/aromatic N) is 2. The third-order valence-electron chi connectivity index (χ3n) is 14.4. The summed E-state index contributed by atoms with van der Waals surface area (Å²) in [5, 5.41) is 2.97. The van der Waals surface area contributed by atoms with Crippen LogP contribution in [0.5, 0.6) is 0 Å². The molecule has 5 atom stereocenters. The first kappa shape index (κ1) is 43.5. The summed E-state index contributed by atoms with van der Waals surface area (Å²) < 4.78 is 4.70. The van der Waals surface area contributed by atoms with Gasteiger partial charge in [0.2, 0.25) is 0 Å². The van der Waals surface area contributed by atoms with Gasteiger partial charge in [-0.15, -0.1) is 11.3 Å².